The number of aromatic hydroxyl groups is 1. The van der Waals surface area contributed by atoms with Crippen LogP contribution >= 0.6 is 0 Å². The summed E-state index contributed by atoms with van der Waals surface area (Å²) in [6.07, 6.45) is -0.128. The van der Waals surface area contributed by atoms with Gasteiger partial charge in [0.1, 0.15) is 6.10 Å². The molecule has 0 aliphatic rings. The van der Waals surface area contributed by atoms with Crippen molar-refractivity contribution in [1.82, 2.24) is 10.6 Å². The number of phenols is 1. The van der Waals surface area contributed by atoms with E-state index in [9.17, 15) is 9.50 Å². The van der Waals surface area contributed by atoms with E-state index in [2.05, 4.69) is 15.6 Å². The topological polar surface area (TPSA) is 75.1 Å². The lowest BCUT2D eigenvalue weighted by atomic mass is 10.2. The van der Waals surface area contributed by atoms with Crippen LogP contribution in [0.2, 0.25) is 0 Å². The Hall–Kier alpha value is -2.96. The van der Waals surface area contributed by atoms with Crippen molar-refractivity contribution < 1.29 is 19.0 Å². The van der Waals surface area contributed by atoms with Crippen LogP contribution in [-0.2, 0) is 6.54 Å². The molecule has 2 aromatic carbocycles. The number of nitrogens with zero attached hydrogens (tertiary/aromatic N) is 1. The second-order valence-corrected chi connectivity index (χ2v) is 5.94. The van der Waals surface area contributed by atoms with Crippen molar-refractivity contribution in [3.8, 4) is 17.2 Å². The molecule has 0 amide bonds. The molecule has 0 aliphatic carbocycles. The predicted molar refractivity (Wildman–Crippen MR) is 104 cm³/mol. The summed E-state index contributed by atoms with van der Waals surface area (Å²) >= 11 is 0. The number of methoxy groups -OCH3 is 1. The molecule has 0 aliphatic heterocycles. The molecule has 2 aromatic rings. The van der Waals surface area contributed by atoms with E-state index in [4.69, 9.17) is 9.47 Å². The maximum absolute atomic E-state index is 13.4. The minimum Gasteiger partial charge on any atom is -0.505 e. The number of hydrogen-bond donors (Lipinski definition) is 3. The number of benzene rings is 2. The van der Waals surface area contributed by atoms with E-state index < -0.39 is 5.82 Å². The molecule has 3 N–H and O–H groups in total. The lowest BCUT2D eigenvalue weighted by Gasteiger charge is -2.19. The van der Waals surface area contributed by atoms with Gasteiger partial charge >= 0.3 is 0 Å². The number of halogens is 1. The lowest BCUT2D eigenvalue weighted by molar-refractivity contribution is 0.213. The molecule has 0 saturated heterocycles. The Morgan fingerprint density at radius 1 is 1.19 bits per heavy atom. The Morgan fingerprint density at radius 3 is 2.59 bits per heavy atom. The van der Waals surface area contributed by atoms with Crippen LogP contribution in [0.1, 0.15) is 19.4 Å². The fourth-order valence-corrected chi connectivity index (χ4v) is 2.38. The molecule has 0 heterocycles. The third-order valence-electron chi connectivity index (χ3n) is 3.73. The average Bonchev–Trinajstić information content (AvgIpc) is 2.67. The number of hydrogen-bond acceptors (Lipinski definition) is 4. The molecule has 2 rings (SSSR count). The summed E-state index contributed by atoms with van der Waals surface area (Å²) in [4.78, 5) is 4.43. The van der Waals surface area contributed by atoms with Crippen molar-refractivity contribution in [2.75, 3.05) is 20.2 Å². The first-order valence-electron chi connectivity index (χ1n) is 8.82. The van der Waals surface area contributed by atoms with Gasteiger partial charge in [-0.25, -0.2) is 9.38 Å². The molecule has 6 nitrogen and oxygen atoms in total. The van der Waals surface area contributed by atoms with Crippen LogP contribution in [0, 0.1) is 5.82 Å². The molecule has 0 fully saturated rings. The number of phenolic OH excluding ortho intramolecular Hbond substituents is 1. The highest BCUT2D eigenvalue weighted by Crippen LogP contribution is 2.26. The maximum Gasteiger partial charge on any atom is 0.191 e. The van der Waals surface area contributed by atoms with Crippen LogP contribution in [-0.4, -0.2) is 37.4 Å². The fraction of sp³-hybridized carbons (Fsp3) is 0.350. The van der Waals surface area contributed by atoms with Gasteiger partial charge in [0, 0.05) is 6.54 Å². The SMILES string of the molecule is CCNC(=NCc1ccc(O)c(F)c1)NCC(C)Oc1ccccc1OC. The zero-order chi connectivity index (χ0) is 19.6. The van der Waals surface area contributed by atoms with E-state index in [1.165, 1.54) is 12.1 Å². The zero-order valence-corrected chi connectivity index (χ0v) is 15.8. The van der Waals surface area contributed by atoms with E-state index in [1.807, 2.05) is 38.1 Å². The van der Waals surface area contributed by atoms with Crippen molar-refractivity contribution in [1.29, 1.82) is 0 Å². The molecular weight excluding hydrogens is 349 g/mol. The minimum atomic E-state index is -0.653. The van der Waals surface area contributed by atoms with E-state index in [0.29, 0.717) is 36.1 Å². The Labute approximate surface area is 159 Å². The first kappa shape index (κ1) is 20.4. The highest BCUT2D eigenvalue weighted by Gasteiger charge is 2.09. The minimum absolute atomic E-state index is 0.128. The van der Waals surface area contributed by atoms with Gasteiger partial charge in [-0.05, 0) is 43.7 Å². The van der Waals surface area contributed by atoms with Crippen LogP contribution in [0.25, 0.3) is 0 Å². The van der Waals surface area contributed by atoms with Gasteiger partial charge in [-0.15, -0.1) is 0 Å². The van der Waals surface area contributed by atoms with Gasteiger partial charge in [0.25, 0.3) is 0 Å². The van der Waals surface area contributed by atoms with Crippen molar-refractivity contribution in [3.63, 3.8) is 0 Å². The first-order valence-corrected chi connectivity index (χ1v) is 8.82. The quantitative estimate of drug-likeness (QED) is 0.488. The largest absolute Gasteiger partial charge is 0.505 e. The second kappa shape index (κ2) is 10.3. The van der Waals surface area contributed by atoms with Gasteiger partial charge < -0.3 is 25.2 Å². The van der Waals surface area contributed by atoms with Crippen LogP contribution in [0.4, 0.5) is 4.39 Å². The van der Waals surface area contributed by atoms with Crippen LogP contribution in [0.5, 0.6) is 17.2 Å². The molecule has 0 radical (unpaired) electrons. The van der Waals surface area contributed by atoms with E-state index in [1.54, 1.807) is 13.2 Å². The summed E-state index contributed by atoms with van der Waals surface area (Å²) < 4.78 is 24.6. The Morgan fingerprint density at radius 2 is 1.93 bits per heavy atom. The average molecular weight is 375 g/mol. The molecular formula is C20H26FN3O3. The smallest absolute Gasteiger partial charge is 0.191 e. The van der Waals surface area contributed by atoms with E-state index >= 15 is 0 Å². The molecule has 0 spiro atoms. The highest BCUT2D eigenvalue weighted by molar-refractivity contribution is 5.79. The van der Waals surface area contributed by atoms with Gasteiger partial charge in [0.15, 0.2) is 29.0 Å². The highest BCUT2D eigenvalue weighted by atomic mass is 19.1. The molecule has 0 saturated carbocycles. The molecule has 0 aromatic heterocycles. The van der Waals surface area contributed by atoms with Gasteiger partial charge in [-0.2, -0.15) is 0 Å². The van der Waals surface area contributed by atoms with Crippen molar-refractivity contribution >= 4 is 5.96 Å². The van der Waals surface area contributed by atoms with Gasteiger partial charge in [0.05, 0.1) is 20.2 Å². The summed E-state index contributed by atoms with van der Waals surface area (Å²) in [6, 6.07) is 11.7. The molecule has 1 atom stereocenters. The summed E-state index contributed by atoms with van der Waals surface area (Å²) in [6.45, 7) is 5.41. The third kappa shape index (κ3) is 6.36. The third-order valence-corrected chi connectivity index (χ3v) is 3.73. The number of rotatable bonds is 8. The predicted octanol–water partition coefficient (Wildman–Crippen LogP) is 3.06. The molecule has 146 valence electrons. The summed E-state index contributed by atoms with van der Waals surface area (Å²) in [7, 11) is 1.60. The summed E-state index contributed by atoms with van der Waals surface area (Å²) in [5.74, 6) is 0.936. The summed E-state index contributed by atoms with van der Waals surface area (Å²) in [5.41, 5.74) is 0.667. The van der Waals surface area contributed by atoms with Crippen molar-refractivity contribution in [3.05, 3.63) is 53.8 Å². The van der Waals surface area contributed by atoms with Gasteiger partial charge in [-0.3, -0.25) is 0 Å². The van der Waals surface area contributed by atoms with Crippen LogP contribution in [0.3, 0.4) is 0 Å². The normalized spacial score (nSPS) is 12.4. The van der Waals surface area contributed by atoms with E-state index in [-0.39, 0.29) is 18.4 Å². The second-order valence-electron chi connectivity index (χ2n) is 5.94. The van der Waals surface area contributed by atoms with Gasteiger partial charge in [0.2, 0.25) is 0 Å². The van der Waals surface area contributed by atoms with Crippen LogP contribution in [0.15, 0.2) is 47.5 Å². The lowest BCUT2D eigenvalue weighted by Crippen LogP contribution is -2.41. The monoisotopic (exact) mass is 375 g/mol. The molecule has 1 unspecified atom stereocenters. The first-order chi connectivity index (χ1) is 13.0. The van der Waals surface area contributed by atoms with Crippen molar-refractivity contribution in [2.45, 2.75) is 26.5 Å². The fourth-order valence-electron chi connectivity index (χ4n) is 2.38. The molecule has 27 heavy (non-hydrogen) atoms. The zero-order valence-electron chi connectivity index (χ0n) is 15.8. The Kier molecular flexibility index (Phi) is 7.73. The number of nitrogens with one attached hydrogen (secondary N) is 2. The molecule has 7 heteroatoms. The Balaban J connectivity index is 1.93. The number of para-hydroxylation sites is 2. The maximum atomic E-state index is 13.4. The van der Waals surface area contributed by atoms with Gasteiger partial charge in [-0.1, -0.05) is 18.2 Å². The number of guanidine groups is 1. The molecule has 0 bridgehead atoms. The number of ether oxygens (including phenoxy) is 2. The van der Waals surface area contributed by atoms with E-state index in [0.717, 1.165) is 0 Å². The summed E-state index contributed by atoms with van der Waals surface area (Å²) in [5, 5.41) is 15.6. The number of aliphatic imine (C=N–C) groups is 1. The van der Waals surface area contributed by atoms with Crippen LogP contribution < -0.4 is 20.1 Å². The standard InChI is InChI=1S/C20H26FN3O3/c1-4-22-20(24-13-15-9-10-17(25)16(21)11-15)23-12-14(2)27-19-8-6-5-7-18(19)26-3/h5-11,14,25H,4,12-13H2,1-3H3,(H2,22,23,24). The Bertz CT molecular complexity index is 768. The van der Waals surface area contributed by atoms with Crippen molar-refractivity contribution in [2.24, 2.45) is 4.99 Å².